The third-order valence-electron chi connectivity index (χ3n) is 2.40. The van der Waals surface area contributed by atoms with Crippen molar-refractivity contribution >= 4 is 11.9 Å². The van der Waals surface area contributed by atoms with Crippen molar-refractivity contribution < 1.29 is 23.8 Å². The number of morpholine rings is 1. The van der Waals surface area contributed by atoms with Crippen molar-refractivity contribution in [2.24, 2.45) is 0 Å². The van der Waals surface area contributed by atoms with Gasteiger partial charge in [0.1, 0.15) is 0 Å². The first-order chi connectivity index (χ1) is 7.69. The van der Waals surface area contributed by atoms with Gasteiger partial charge in [0, 0.05) is 13.7 Å². The molecule has 1 amide bonds. The molecule has 0 radical (unpaired) electrons. The van der Waals surface area contributed by atoms with E-state index in [1.54, 1.807) is 12.0 Å². The van der Waals surface area contributed by atoms with Crippen LogP contribution in [0.5, 0.6) is 0 Å². The Morgan fingerprint density at radius 3 is 2.81 bits per heavy atom. The summed E-state index contributed by atoms with van der Waals surface area (Å²) in [7, 11) is 2.85. The molecule has 1 unspecified atom stereocenters. The number of ether oxygens (including phenoxy) is 3. The van der Waals surface area contributed by atoms with E-state index < -0.39 is 12.1 Å². The summed E-state index contributed by atoms with van der Waals surface area (Å²) in [6.07, 6.45) is -0.338. The average Bonchev–Trinajstić information content (AvgIpc) is 2.35. The average molecular weight is 231 g/mol. The molecule has 1 fully saturated rings. The number of amides is 1. The smallest absolute Gasteiger partial charge is 0.336 e. The van der Waals surface area contributed by atoms with E-state index in [0.29, 0.717) is 26.2 Å². The van der Waals surface area contributed by atoms with Crippen LogP contribution in [0.4, 0.5) is 0 Å². The lowest BCUT2D eigenvalue weighted by Gasteiger charge is -2.31. The van der Waals surface area contributed by atoms with Crippen molar-refractivity contribution in [1.82, 2.24) is 4.90 Å². The first-order valence-corrected chi connectivity index (χ1v) is 5.15. The monoisotopic (exact) mass is 231 g/mol. The molecular weight excluding hydrogens is 214 g/mol. The van der Waals surface area contributed by atoms with Gasteiger partial charge in [-0.2, -0.15) is 0 Å². The van der Waals surface area contributed by atoms with E-state index >= 15 is 0 Å². The van der Waals surface area contributed by atoms with Gasteiger partial charge in [-0.3, -0.25) is 4.79 Å². The van der Waals surface area contributed by atoms with Crippen LogP contribution in [0.3, 0.4) is 0 Å². The standard InChI is InChI=1S/C10H17NO5/c1-14-5-3-9(12)11-4-6-16-8(7-11)10(13)15-2/h8H,3-7H2,1-2H3. The molecule has 6 nitrogen and oxygen atoms in total. The SMILES string of the molecule is COCCC(=O)N1CCOC(C(=O)OC)C1. The van der Waals surface area contributed by atoms with Gasteiger partial charge in [-0.15, -0.1) is 0 Å². The van der Waals surface area contributed by atoms with Crippen LogP contribution in [0.25, 0.3) is 0 Å². The Hall–Kier alpha value is -1.14. The molecule has 1 rings (SSSR count). The number of carbonyl (C=O) groups is 2. The largest absolute Gasteiger partial charge is 0.467 e. The fraction of sp³-hybridized carbons (Fsp3) is 0.800. The van der Waals surface area contributed by atoms with E-state index in [1.807, 2.05) is 0 Å². The van der Waals surface area contributed by atoms with Gasteiger partial charge in [-0.05, 0) is 0 Å². The van der Waals surface area contributed by atoms with Gasteiger partial charge < -0.3 is 19.1 Å². The molecule has 0 spiro atoms. The fourth-order valence-corrected chi connectivity index (χ4v) is 1.50. The molecule has 0 aromatic carbocycles. The molecule has 0 aliphatic carbocycles. The molecule has 0 N–H and O–H groups in total. The summed E-state index contributed by atoms with van der Waals surface area (Å²) in [5, 5.41) is 0. The van der Waals surface area contributed by atoms with Crippen LogP contribution in [0.1, 0.15) is 6.42 Å². The van der Waals surface area contributed by atoms with Gasteiger partial charge in [0.2, 0.25) is 5.91 Å². The second kappa shape index (κ2) is 6.44. The number of esters is 1. The third kappa shape index (κ3) is 3.46. The van der Waals surface area contributed by atoms with Crippen LogP contribution in [0, 0.1) is 0 Å². The van der Waals surface area contributed by atoms with Crippen molar-refractivity contribution in [3.8, 4) is 0 Å². The molecule has 6 heteroatoms. The molecule has 0 aromatic heterocycles. The second-order valence-electron chi connectivity index (χ2n) is 3.47. The normalized spacial score (nSPS) is 20.6. The third-order valence-corrected chi connectivity index (χ3v) is 2.40. The molecule has 1 saturated heterocycles. The lowest BCUT2D eigenvalue weighted by Crippen LogP contribution is -2.49. The summed E-state index contributed by atoms with van der Waals surface area (Å²) in [6, 6.07) is 0. The minimum absolute atomic E-state index is 0.0287. The maximum Gasteiger partial charge on any atom is 0.336 e. The molecule has 0 saturated carbocycles. The summed E-state index contributed by atoms with van der Waals surface area (Å²) in [5.41, 5.74) is 0. The maximum absolute atomic E-state index is 11.7. The molecule has 1 atom stereocenters. The summed E-state index contributed by atoms with van der Waals surface area (Å²) in [5.74, 6) is -0.469. The van der Waals surface area contributed by atoms with Gasteiger partial charge >= 0.3 is 5.97 Å². The zero-order chi connectivity index (χ0) is 12.0. The van der Waals surface area contributed by atoms with E-state index in [-0.39, 0.29) is 12.5 Å². The lowest BCUT2D eigenvalue weighted by molar-refractivity contribution is -0.162. The Kier molecular flexibility index (Phi) is 5.21. The Morgan fingerprint density at radius 2 is 2.19 bits per heavy atom. The van der Waals surface area contributed by atoms with Gasteiger partial charge in [-0.25, -0.2) is 4.79 Å². The highest BCUT2D eigenvalue weighted by Gasteiger charge is 2.29. The van der Waals surface area contributed by atoms with Crippen LogP contribution in [0.15, 0.2) is 0 Å². The second-order valence-corrected chi connectivity index (χ2v) is 3.47. The predicted molar refractivity (Wildman–Crippen MR) is 54.8 cm³/mol. The molecule has 16 heavy (non-hydrogen) atoms. The van der Waals surface area contributed by atoms with Gasteiger partial charge in [0.05, 0.1) is 33.3 Å². The van der Waals surface area contributed by atoms with Crippen LogP contribution in [-0.4, -0.2) is 63.4 Å². The van der Waals surface area contributed by atoms with E-state index in [1.165, 1.54) is 7.11 Å². The number of rotatable bonds is 4. The molecule has 92 valence electrons. The highest BCUT2D eigenvalue weighted by Crippen LogP contribution is 2.08. The Balaban J connectivity index is 2.43. The van der Waals surface area contributed by atoms with E-state index in [0.717, 1.165) is 0 Å². The minimum Gasteiger partial charge on any atom is -0.467 e. The van der Waals surface area contributed by atoms with E-state index in [2.05, 4.69) is 4.74 Å². The zero-order valence-electron chi connectivity index (χ0n) is 9.60. The van der Waals surface area contributed by atoms with Crippen molar-refractivity contribution in [1.29, 1.82) is 0 Å². The molecule has 0 aromatic rings. The number of nitrogens with zero attached hydrogens (tertiary/aromatic N) is 1. The first-order valence-electron chi connectivity index (χ1n) is 5.15. The summed E-state index contributed by atoms with van der Waals surface area (Å²) < 4.78 is 14.6. The molecular formula is C10H17NO5. The van der Waals surface area contributed by atoms with Gasteiger partial charge in [0.15, 0.2) is 6.10 Å². The Bertz CT molecular complexity index is 256. The highest BCUT2D eigenvalue weighted by atomic mass is 16.6. The van der Waals surface area contributed by atoms with E-state index in [4.69, 9.17) is 9.47 Å². The van der Waals surface area contributed by atoms with Crippen molar-refractivity contribution in [2.75, 3.05) is 40.5 Å². The molecule has 1 aliphatic heterocycles. The lowest BCUT2D eigenvalue weighted by atomic mass is 10.2. The van der Waals surface area contributed by atoms with E-state index in [9.17, 15) is 9.59 Å². The Labute approximate surface area is 94.4 Å². The number of carbonyl (C=O) groups excluding carboxylic acids is 2. The quantitative estimate of drug-likeness (QED) is 0.606. The number of methoxy groups -OCH3 is 2. The van der Waals surface area contributed by atoms with Gasteiger partial charge in [-0.1, -0.05) is 0 Å². The summed E-state index contributed by atoms with van der Waals surface area (Å²) in [6.45, 7) is 1.52. The Morgan fingerprint density at radius 1 is 1.44 bits per heavy atom. The molecule has 1 aliphatic rings. The number of hydrogen-bond acceptors (Lipinski definition) is 5. The van der Waals surface area contributed by atoms with Gasteiger partial charge in [0.25, 0.3) is 0 Å². The molecule has 0 bridgehead atoms. The van der Waals surface area contributed by atoms with Crippen LogP contribution >= 0.6 is 0 Å². The topological polar surface area (TPSA) is 65.1 Å². The minimum atomic E-state index is -0.662. The van der Waals surface area contributed by atoms with Crippen molar-refractivity contribution in [2.45, 2.75) is 12.5 Å². The predicted octanol–water partition coefficient (Wildman–Crippen LogP) is -0.577. The van der Waals surface area contributed by atoms with Crippen molar-refractivity contribution in [3.63, 3.8) is 0 Å². The highest BCUT2D eigenvalue weighted by molar-refractivity contribution is 5.79. The van der Waals surface area contributed by atoms with Crippen molar-refractivity contribution in [3.05, 3.63) is 0 Å². The maximum atomic E-state index is 11.7. The first kappa shape index (κ1) is 12.9. The summed E-state index contributed by atoms with van der Waals surface area (Å²) >= 11 is 0. The van der Waals surface area contributed by atoms with Crippen LogP contribution in [0.2, 0.25) is 0 Å². The molecule has 1 heterocycles. The summed E-state index contributed by atoms with van der Waals surface area (Å²) in [4.78, 5) is 24.5. The van der Waals surface area contributed by atoms with Crippen LogP contribution < -0.4 is 0 Å². The zero-order valence-corrected chi connectivity index (χ0v) is 9.60. The number of hydrogen-bond donors (Lipinski definition) is 0. The van der Waals surface area contributed by atoms with Crippen LogP contribution in [-0.2, 0) is 23.8 Å². The fourth-order valence-electron chi connectivity index (χ4n) is 1.50.